The molecule has 0 bridgehead atoms. The zero-order valence-corrected chi connectivity index (χ0v) is 20.7. The highest BCUT2D eigenvalue weighted by Crippen LogP contribution is 2.49. The van der Waals surface area contributed by atoms with Crippen molar-refractivity contribution in [2.24, 2.45) is 11.8 Å². The van der Waals surface area contributed by atoms with E-state index in [0.29, 0.717) is 6.42 Å². The molecule has 6 atom stereocenters. The van der Waals surface area contributed by atoms with Gasteiger partial charge >= 0.3 is 17.9 Å². The zero-order valence-electron chi connectivity index (χ0n) is 19.8. The summed E-state index contributed by atoms with van der Waals surface area (Å²) in [7, 11) is 0. The Hall–Kier alpha value is -1.87. The second kappa shape index (κ2) is 10.4. The monoisotopic (exact) mass is 470 g/mol. The number of carbonyl (C=O) groups excluding carboxylic acids is 4. The second-order valence-corrected chi connectivity index (χ2v) is 9.96. The van der Waals surface area contributed by atoms with Crippen LogP contribution in [0.25, 0.3) is 0 Å². The van der Waals surface area contributed by atoms with Crippen LogP contribution in [0.3, 0.4) is 0 Å². The molecule has 0 unspecified atom stereocenters. The van der Waals surface area contributed by atoms with Crippen molar-refractivity contribution >= 4 is 35.5 Å². The highest BCUT2D eigenvalue weighted by Gasteiger charge is 2.62. The van der Waals surface area contributed by atoms with E-state index in [4.69, 9.17) is 18.9 Å². The minimum atomic E-state index is -1.49. The van der Waals surface area contributed by atoms with E-state index >= 15 is 0 Å². The lowest BCUT2D eigenvalue weighted by molar-refractivity contribution is -0.177. The first-order valence-electron chi connectivity index (χ1n) is 10.8. The van der Waals surface area contributed by atoms with Crippen LogP contribution in [0.2, 0.25) is 0 Å². The van der Waals surface area contributed by atoms with Crippen molar-refractivity contribution < 1.29 is 38.1 Å². The molecular weight excluding hydrogens is 436 g/mol. The fourth-order valence-electron chi connectivity index (χ4n) is 4.53. The van der Waals surface area contributed by atoms with Crippen molar-refractivity contribution in [1.82, 2.24) is 0 Å². The van der Waals surface area contributed by atoms with Gasteiger partial charge in [-0.2, -0.15) is 0 Å². The predicted octanol–water partition coefficient (Wildman–Crippen LogP) is 3.21. The molecule has 0 N–H and O–H groups in total. The van der Waals surface area contributed by atoms with Crippen LogP contribution in [0, 0.1) is 11.8 Å². The summed E-state index contributed by atoms with van der Waals surface area (Å²) in [5, 5.41) is 1.59. The number of rotatable bonds is 6. The SMILES string of the molecule is CSC=CC(=O)O[C@H]1C[C@](C)(OC(C)=O)C(=O)CC[C@]2(C)O[C@@H]2[C@H](OC(C)=O)[C@@H]1C(C)C. The van der Waals surface area contributed by atoms with E-state index in [1.54, 1.807) is 12.3 Å². The lowest BCUT2D eigenvalue weighted by Crippen LogP contribution is -2.51. The summed E-state index contributed by atoms with van der Waals surface area (Å²) in [4.78, 5) is 49.5. The first-order chi connectivity index (χ1) is 14.8. The Kier molecular flexibility index (Phi) is 8.56. The summed E-state index contributed by atoms with van der Waals surface area (Å²) in [6.45, 7) is 9.83. The van der Waals surface area contributed by atoms with Crippen molar-refractivity contribution in [3.05, 3.63) is 11.5 Å². The van der Waals surface area contributed by atoms with Crippen molar-refractivity contribution in [3.63, 3.8) is 0 Å². The number of hydrogen-bond acceptors (Lipinski definition) is 9. The molecule has 1 saturated carbocycles. The Balaban J connectivity index is 2.56. The molecule has 0 spiro atoms. The molecule has 8 nitrogen and oxygen atoms in total. The Bertz CT molecular complexity index is 778. The average molecular weight is 471 g/mol. The van der Waals surface area contributed by atoms with Crippen molar-refractivity contribution in [1.29, 1.82) is 0 Å². The Labute approximate surface area is 193 Å². The van der Waals surface area contributed by atoms with Crippen molar-refractivity contribution in [2.75, 3.05) is 6.26 Å². The lowest BCUT2D eigenvalue weighted by atomic mass is 9.74. The molecule has 180 valence electrons. The Morgan fingerprint density at radius 3 is 2.34 bits per heavy atom. The maximum atomic E-state index is 13.2. The van der Waals surface area contributed by atoms with Crippen LogP contribution < -0.4 is 0 Å². The van der Waals surface area contributed by atoms with Gasteiger partial charge in [-0.1, -0.05) is 13.8 Å². The van der Waals surface area contributed by atoms with Gasteiger partial charge in [0.1, 0.15) is 18.3 Å². The number of Topliss-reactive ketones (excluding diaryl/α,β-unsaturated/α-hetero) is 1. The van der Waals surface area contributed by atoms with E-state index in [1.807, 2.05) is 27.0 Å². The summed E-state index contributed by atoms with van der Waals surface area (Å²) >= 11 is 1.34. The molecule has 2 rings (SSSR count). The molecule has 32 heavy (non-hydrogen) atoms. The van der Waals surface area contributed by atoms with Crippen molar-refractivity contribution in [3.8, 4) is 0 Å². The fraction of sp³-hybridized carbons (Fsp3) is 0.739. The normalized spacial score (nSPS) is 35.2. The summed E-state index contributed by atoms with van der Waals surface area (Å²) in [6, 6.07) is 0. The van der Waals surface area contributed by atoms with Gasteiger partial charge in [0.2, 0.25) is 0 Å². The molecule has 2 fully saturated rings. The van der Waals surface area contributed by atoms with E-state index in [2.05, 4.69) is 0 Å². The third-order valence-corrected chi connectivity index (χ3v) is 6.53. The maximum absolute atomic E-state index is 13.2. The summed E-state index contributed by atoms with van der Waals surface area (Å²) in [5.41, 5.74) is -2.16. The number of ketones is 1. The molecule has 9 heteroatoms. The third kappa shape index (κ3) is 6.34. The van der Waals surface area contributed by atoms with Crippen LogP contribution in [0.1, 0.15) is 60.8 Å². The molecule has 0 aromatic heterocycles. The summed E-state index contributed by atoms with van der Waals surface area (Å²) in [5.74, 6) is -2.52. The molecule has 1 saturated heterocycles. The van der Waals surface area contributed by atoms with Gasteiger partial charge in [-0.3, -0.25) is 14.4 Å². The molecule has 2 aliphatic rings. The van der Waals surface area contributed by atoms with Crippen LogP contribution in [-0.2, 0) is 38.1 Å². The van der Waals surface area contributed by atoms with Gasteiger partial charge < -0.3 is 18.9 Å². The van der Waals surface area contributed by atoms with E-state index in [-0.39, 0.29) is 24.5 Å². The van der Waals surface area contributed by atoms with Crippen LogP contribution in [0.4, 0.5) is 0 Å². The number of hydrogen-bond donors (Lipinski definition) is 0. The number of thioether (sulfide) groups is 1. The van der Waals surface area contributed by atoms with Crippen molar-refractivity contribution in [2.45, 2.75) is 90.3 Å². The minimum absolute atomic E-state index is 0.0473. The van der Waals surface area contributed by atoms with Gasteiger partial charge in [0.15, 0.2) is 11.4 Å². The maximum Gasteiger partial charge on any atom is 0.331 e. The topological polar surface area (TPSA) is 108 Å². The van der Waals surface area contributed by atoms with E-state index in [1.165, 1.54) is 31.7 Å². The van der Waals surface area contributed by atoms with Crippen LogP contribution in [0.5, 0.6) is 0 Å². The molecule has 1 aliphatic heterocycles. The van der Waals surface area contributed by atoms with Gasteiger partial charge in [0.05, 0.1) is 5.60 Å². The quantitative estimate of drug-likeness (QED) is 0.250. The standard InChI is InChI=1S/C23H34O8S/c1-13(2)19-16(29-18(27)9-11-32-7)12-23(6,30-15(4)25)17(26)8-10-22(5)21(31-22)20(19)28-14(3)24/h9,11,13,16,19-21H,8,10,12H2,1-7H3/t16-,19+,20+,21+,22-,23-/m0/s1. The Morgan fingerprint density at radius 1 is 1.16 bits per heavy atom. The number of fused-ring (bicyclic) bond motifs is 1. The smallest absolute Gasteiger partial charge is 0.331 e. The number of epoxide rings is 1. The van der Waals surface area contributed by atoms with Crippen LogP contribution >= 0.6 is 11.8 Å². The number of carbonyl (C=O) groups is 4. The van der Waals surface area contributed by atoms with Gasteiger partial charge in [0, 0.05) is 38.7 Å². The number of esters is 3. The average Bonchev–Trinajstić information content (AvgIpc) is 3.33. The van der Waals surface area contributed by atoms with Gasteiger partial charge in [-0.15, -0.1) is 11.8 Å². The molecule has 0 aromatic carbocycles. The van der Waals surface area contributed by atoms with E-state index in [0.717, 1.165) is 0 Å². The summed E-state index contributed by atoms with van der Waals surface area (Å²) < 4.78 is 23.0. The first-order valence-corrected chi connectivity index (χ1v) is 12.1. The molecule has 0 radical (unpaired) electrons. The highest BCUT2D eigenvalue weighted by molar-refractivity contribution is 8.01. The van der Waals surface area contributed by atoms with E-state index < -0.39 is 53.3 Å². The van der Waals surface area contributed by atoms with E-state index in [9.17, 15) is 19.2 Å². The molecule has 0 amide bonds. The molecule has 1 heterocycles. The largest absolute Gasteiger partial charge is 0.459 e. The second-order valence-electron chi connectivity index (χ2n) is 9.21. The third-order valence-electron chi connectivity index (χ3n) is 6.13. The Morgan fingerprint density at radius 2 is 1.81 bits per heavy atom. The zero-order chi connectivity index (χ0) is 24.3. The minimum Gasteiger partial charge on any atom is -0.459 e. The number of ether oxygens (including phenoxy) is 4. The van der Waals surface area contributed by atoms with Gasteiger partial charge in [-0.05, 0) is 37.9 Å². The molecular formula is C23H34O8S. The first kappa shape index (κ1) is 26.4. The summed E-state index contributed by atoms with van der Waals surface area (Å²) in [6.07, 6.45) is 1.60. The van der Waals surface area contributed by atoms with Gasteiger partial charge in [-0.25, -0.2) is 4.79 Å². The van der Waals surface area contributed by atoms with Crippen LogP contribution in [0.15, 0.2) is 11.5 Å². The van der Waals surface area contributed by atoms with Crippen LogP contribution in [-0.4, -0.2) is 59.5 Å². The predicted molar refractivity (Wildman–Crippen MR) is 119 cm³/mol. The molecule has 1 aliphatic carbocycles. The molecule has 0 aromatic rings. The lowest BCUT2D eigenvalue weighted by Gasteiger charge is -2.39. The fourth-order valence-corrected chi connectivity index (χ4v) is 4.78. The van der Waals surface area contributed by atoms with Gasteiger partial charge in [0.25, 0.3) is 0 Å². The highest BCUT2D eigenvalue weighted by atomic mass is 32.2.